The van der Waals surface area contributed by atoms with Crippen molar-refractivity contribution in [3.05, 3.63) is 18.2 Å². The number of imidazole rings is 1. The van der Waals surface area contributed by atoms with Gasteiger partial charge in [0.2, 0.25) is 0 Å². The highest BCUT2D eigenvalue weighted by atomic mass is 16.5. The summed E-state index contributed by atoms with van der Waals surface area (Å²) in [5.74, 6) is 1.35. The fraction of sp³-hybridized carbons (Fsp3) is 0.733. The standard InChI is InChI=1S/C15H24N4O2/c1-3-17-15(12-4-5-12,14(20)21-2)11-18-8-9-19-7-6-16-13(19)10-18/h6-7,12,17H,3-5,8-11H2,1-2H3. The summed E-state index contributed by atoms with van der Waals surface area (Å²) in [5, 5.41) is 3.43. The number of rotatable bonds is 6. The minimum Gasteiger partial charge on any atom is -0.468 e. The number of aromatic nitrogens is 2. The van der Waals surface area contributed by atoms with E-state index in [0.29, 0.717) is 12.5 Å². The quantitative estimate of drug-likeness (QED) is 0.779. The van der Waals surface area contributed by atoms with Crippen molar-refractivity contribution in [1.29, 1.82) is 0 Å². The van der Waals surface area contributed by atoms with Crippen LogP contribution in [0, 0.1) is 5.92 Å². The first-order chi connectivity index (χ1) is 10.2. The van der Waals surface area contributed by atoms with Gasteiger partial charge in [-0.2, -0.15) is 0 Å². The topological polar surface area (TPSA) is 59.4 Å². The molecule has 2 aliphatic rings. The molecule has 21 heavy (non-hydrogen) atoms. The lowest BCUT2D eigenvalue weighted by Crippen LogP contribution is -2.61. The third-order valence-electron chi connectivity index (χ3n) is 4.61. The molecular formula is C15H24N4O2. The second-order valence-electron chi connectivity index (χ2n) is 6.02. The van der Waals surface area contributed by atoms with Gasteiger partial charge in [0, 0.05) is 32.0 Å². The number of esters is 1. The van der Waals surface area contributed by atoms with Crippen molar-refractivity contribution >= 4 is 5.97 Å². The van der Waals surface area contributed by atoms with Crippen molar-refractivity contribution in [2.75, 3.05) is 26.7 Å². The number of nitrogens with one attached hydrogen (secondary N) is 1. The molecule has 1 saturated carbocycles. The lowest BCUT2D eigenvalue weighted by molar-refractivity contribution is -0.151. The minimum atomic E-state index is -0.557. The van der Waals surface area contributed by atoms with Gasteiger partial charge in [-0.25, -0.2) is 9.78 Å². The first kappa shape index (κ1) is 14.5. The Morgan fingerprint density at radius 1 is 1.52 bits per heavy atom. The van der Waals surface area contributed by atoms with E-state index in [0.717, 1.165) is 44.8 Å². The van der Waals surface area contributed by atoms with Crippen molar-refractivity contribution in [3.63, 3.8) is 0 Å². The molecule has 1 fully saturated rings. The normalized spacial score (nSPS) is 21.6. The van der Waals surface area contributed by atoms with Crippen LogP contribution in [0.2, 0.25) is 0 Å². The Labute approximate surface area is 125 Å². The molecule has 0 radical (unpaired) electrons. The molecule has 1 aliphatic carbocycles. The Morgan fingerprint density at radius 3 is 3.00 bits per heavy atom. The molecule has 2 heterocycles. The molecule has 1 aromatic rings. The Morgan fingerprint density at radius 2 is 2.33 bits per heavy atom. The number of hydrogen-bond acceptors (Lipinski definition) is 5. The zero-order valence-corrected chi connectivity index (χ0v) is 12.8. The number of likely N-dealkylation sites (N-methyl/N-ethyl adjacent to an activating group) is 1. The van der Waals surface area contributed by atoms with Gasteiger partial charge in [-0.05, 0) is 25.3 Å². The van der Waals surface area contributed by atoms with E-state index in [1.165, 1.54) is 7.11 Å². The van der Waals surface area contributed by atoms with Gasteiger partial charge in [0.05, 0.1) is 13.7 Å². The van der Waals surface area contributed by atoms with E-state index in [1.807, 2.05) is 19.3 Å². The third kappa shape index (κ3) is 2.70. The maximum atomic E-state index is 12.4. The Bertz CT molecular complexity index is 512. The van der Waals surface area contributed by atoms with Crippen LogP contribution < -0.4 is 5.32 Å². The van der Waals surface area contributed by atoms with E-state index < -0.39 is 5.54 Å². The van der Waals surface area contributed by atoms with Crippen LogP contribution >= 0.6 is 0 Å². The minimum absolute atomic E-state index is 0.124. The summed E-state index contributed by atoms with van der Waals surface area (Å²) >= 11 is 0. The summed E-state index contributed by atoms with van der Waals surface area (Å²) in [5.41, 5.74) is -0.557. The van der Waals surface area contributed by atoms with E-state index in [9.17, 15) is 4.79 Å². The molecule has 0 spiro atoms. The predicted molar refractivity (Wildman–Crippen MR) is 78.7 cm³/mol. The maximum absolute atomic E-state index is 12.4. The van der Waals surface area contributed by atoms with Crippen LogP contribution in [-0.2, 0) is 22.6 Å². The lowest BCUT2D eigenvalue weighted by Gasteiger charge is -2.38. The van der Waals surface area contributed by atoms with E-state index in [-0.39, 0.29) is 5.97 Å². The monoisotopic (exact) mass is 292 g/mol. The molecule has 116 valence electrons. The summed E-state index contributed by atoms with van der Waals surface area (Å²) in [4.78, 5) is 19.2. The first-order valence-electron chi connectivity index (χ1n) is 7.75. The number of carbonyl (C=O) groups is 1. The van der Waals surface area contributed by atoms with Crippen LogP contribution in [0.4, 0.5) is 0 Å². The molecule has 1 aliphatic heterocycles. The average molecular weight is 292 g/mol. The molecule has 3 rings (SSSR count). The largest absolute Gasteiger partial charge is 0.468 e. The van der Waals surface area contributed by atoms with Crippen molar-refractivity contribution in [3.8, 4) is 0 Å². The number of ether oxygens (including phenoxy) is 1. The molecule has 0 aromatic carbocycles. The SMILES string of the molecule is CCNC(CN1CCn2ccnc2C1)(C(=O)OC)C1CC1. The lowest BCUT2D eigenvalue weighted by atomic mass is 9.91. The van der Waals surface area contributed by atoms with Gasteiger partial charge in [-0.3, -0.25) is 4.90 Å². The Hall–Kier alpha value is -1.40. The molecular weight excluding hydrogens is 268 g/mol. The zero-order chi connectivity index (χ0) is 14.9. The van der Waals surface area contributed by atoms with E-state index in [2.05, 4.69) is 19.8 Å². The van der Waals surface area contributed by atoms with Crippen molar-refractivity contribution in [1.82, 2.24) is 19.8 Å². The molecule has 1 aromatic heterocycles. The zero-order valence-electron chi connectivity index (χ0n) is 12.8. The van der Waals surface area contributed by atoms with Crippen LogP contribution in [-0.4, -0.2) is 52.7 Å². The van der Waals surface area contributed by atoms with Gasteiger partial charge in [0.1, 0.15) is 11.4 Å². The van der Waals surface area contributed by atoms with Gasteiger partial charge < -0.3 is 14.6 Å². The van der Waals surface area contributed by atoms with E-state index in [1.54, 1.807) is 0 Å². The molecule has 6 nitrogen and oxygen atoms in total. The second-order valence-corrected chi connectivity index (χ2v) is 6.02. The third-order valence-corrected chi connectivity index (χ3v) is 4.61. The summed E-state index contributed by atoms with van der Waals surface area (Å²) in [6.45, 7) is 6.19. The van der Waals surface area contributed by atoms with Crippen molar-refractivity contribution in [2.45, 2.75) is 38.4 Å². The Kier molecular flexibility index (Phi) is 3.99. The molecule has 0 bridgehead atoms. The fourth-order valence-corrected chi connectivity index (χ4v) is 3.42. The molecule has 6 heteroatoms. The average Bonchev–Trinajstić information content (AvgIpc) is 3.25. The van der Waals surface area contributed by atoms with Crippen LogP contribution in [0.15, 0.2) is 12.4 Å². The molecule has 0 saturated heterocycles. The molecule has 1 atom stereocenters. The van der Waals surface area contributed by atoms with Crippen LogP contribution in [0.25, 0.3) is 0 Å². The van der Waals surface area contributed by atoms with Gasteiger partial charge >= 0.3 is 5.97 Å². The fourth-order valence-electron chi connectivity index (χ4n) is 3.42. The Balaban J connectivity index is 1.77. The summed E-state index contributed by atoms with van der Waals surface area (Å²) < 4.78 is 7.30. The van der Waals surface area contributed by atoms with Crippen LogP contribution in [0.5, 0.6) is 0 Å². The predicted octanol–water partition coefficient (Wildman–Crippen LogP) is 0.630. The summed E-state index contributed by atoms with van der Waals surface area (Å²) in [6, 6.07) is 0. The molecule has 1 N–H and O–H groups in total. The van der Waals surface area contributed by atoms with E-state index in [4.69, 9.17) is 4.74 Å². The smallest absolute Gasteiger partial charge is 0.327 e. The summed E-state index contributed by atoms with van der Waals surface area (Å²) in [6.07, 6.45) is 6.07. The van der Waals surface area contributed by atoms with E-state index >= 15 is 0 Å². The molecule has 0 amide bonds. The number of methoxy groups -OCH3 is 1. The first-order valence-corrected chi connectivity index (χ1v) is 7.75. The number of carbonyl (C=O) groups excluding carboxylic acids is 1. The van der Waals surface area contributed by atoms with Gasteiger partial charge in [0.25, 0.3) is 0 Å². The van der Waals surface area contributed by atoms with Crippen LogP contribution in [0.3, 0.4) is 0 Å². The number of hydrogen-bond donors (Lipinski definition) is 1. The molecule has 1 unspecified atom stereocenters. The van der Waals surface area contributed by atoms with Crippen molar-refractivity contribution in [2.24, 2.45) is 5.92 Å². The van der Waals surface area contributed by atoms with Gasteiger partial charge in [-0.15, -0.1) is 0 Å². The van der Waals surface area contributed by atoms with Crippen LogP contribution in [0.1, 0.15) is 25.6 Å². The second kappa shape index (κ2) is 5.77. The van der Waals surface area contributed by atoms with Gasteiger partial charge in [-0.1, -0.05) is 6.92 Å². The van der Waals surface area contributed by atoms with Crippen molar-refractivity contribution < 1.29 is 9.53 Å². The highest BCUT2D eigenvalue weighted by molar-refractivity contribution is 5.82. The van der Waals surface area contributed by atoms with Gasteiger partial charge in [0.15, 0.2) is 0 Å². The number of nitrogens with zero attached hydrogens (tertiary/aromatic N) is 3. The summed E-state index contributed by atoms with van der Waals surface area (Å²) in [7, 11) is 1.49. The highest BCUT2D eigenvalue weighted by Gasteiger charge is 2.52. The maximum Gasteiger partial charge on any atom is 0.327 e. The highest BCUT2D eigenvalue weighted by Crippen LogP contribution is 2.41. The number of fused-ring (bicyclic) bond motifs is 1.